The molecular formula is C22H21N5O5S2. The van der Waals surface area contributed by atoms with Gasteiger partial charge in [0.05, 0.1) is 12.8 Å². The fourth-order valence-electron chi connectivity index (χ4n) is 3.22. The molecule has 0 amide bonds. The molecule has 0 radical (unpaired) electrons. The number of carbonyl (C=O) groups excluding carboxylic acids is 1. The number of hydrogen-bond donors (Lipinski definition) is 1. The van der Waals surface area contributed by atoms with Crippen LogP contribution in [0.2, 0.25) is 0 Å². The summed E-state index contributed by atoms with van der Waals surface area (Å²) in [7, 11) is -2.78. The molecule has 0 spiro atoms. The minimum Gasteiger partial charge on any atom is -0.465 e. The number of ether oxygens (including phenoxy) is 2. The molecule has 3 heterocycles. The van der Waals surface area contributed by atoms with Crippen molar-refractivity contribution in [2.24, 2.45) is 0 Å². The second-order valence-corrected chi connectivity index (χ2v) is 9.85. The van der Waals surface area contributed by atoms with Gasteiger partial charge in [0.1, 0.15) is 21.3 Å². The molecular weight excluding hydrogens is 478 g/mol. The Morgan fingerprint density at radius 3 is 2.44 bits per heavy atom. The quantitative estimate of drug-likeness (QED) is 0.378. The summed E-state index contributed by atoms with van der Waals surface area (Å²) in [6.07, 6.45) is 0. The lowest BCUT2D eigenvalue weighted by atomic mass is 10.3. The molecule has 34 heavy (non-hydrogen) atoms. The van der Waals surface area contributed by atoms with Crippen LogP contribution in [0.4, 0.5) is 5.69 Å². The first-order valence-electron chi connectivity index (χ1n) is 10.0. The Kier molecular flexibility index (Phi) is 6.35. The van der Waals surface area contributed by atoms with Gasteiger partial charge in [-0.2, -0.15) is 10.1 Å². The van der Waals surface area contributed by atoms with E-state index >= 15 is 0 Å². The van der Waals surface area contributed by atoms with Gasteiger partial charge >= 0.3 is 5.97 Å². The fraction of sp³-hybridized carbons (Fsp3) is 0.182. The number of nitrogens with one attached hydrogen (secondary N) is 1. The zero-order chi connectivity index (χ0) is 24.5. The van der Waals surface area contributed by atoms with Crippen LogP contribution in [0.25, 0.3) is 5.82 Å². The molecule has 0 unspecified atom stereocenters. The number of aromatic nitrogens is 4. The van der Waals surface area contributed by atoms with Gasteiger partial charge in [0.2, 0.25) is 5.88 Å². The van der Waals surface area contributed by atoms with Crippen LogP contribution in [0.3, 0.4) is 0 Å². The Labute approximate surface area is 200 Å². The molecule has 3 aromatic heterocycles. The van der Waals surface area contributed by atoms with E-state index in [0.717, 1.165) is 22.7 Å². The molecule has 0 saturated carbocycles. The molecule has 0 aliphatic heterocycles. The minimum absolute atomic E-state index is 0.00695. The molecule has 4 aromatic rings. The van der Waals surface area contributed by atoms with Gasteiger partial charge in [-0.05, 0) is 62.5 Å². The van der Waals surface area contributed by atoms with Crippen molar-refractivity contribution in [3.63, 3.8) is 0 Å². The van der Waals surface area contributed by atoms with Gasteiger partial charge in [0, 0.05) is 17.4 Å². The van der Waals surface area contributed by atoms with Gasteiger partial charge in [0.15, 0.2) is 5.82 Å². The molecule has 176 valence electrons. The number of sulfonamides is 1. The second kappa shape index (κ2) is 9.23. The molecule has 1 N–H and O–H groups in total. The molecule has 0 aliphatic rings. The lowest BCUT2D eigenvalue weighted by Gasteiger charge is -2.11. The van der Waals surface area contributed by atoms with E-state index in [0.29, 0.717) is 29.0 Å². The van der Waals surface area contributed by atoms with Gasteiger partial charge < -0.3 is 9.47 Å². The standard InChI is InChI=1S/C22H21N5O5S2/c1-13-11-14(2)27(25-13)19-12-20(24-15(3)23-19)32-17-7-5-16(6-8-17)26-34(29,30)18-9-10-33-21(18)22(28)31-4/h5-12,26H,1-4H3. The Morgan fingerprint density at radius 1 is 1.06 bits per heavy atom. The summed E-state index contributed by atoms with van der Waals surface area (Å²) >= 11 is 0.994. The van der Waals surface area contributed by atoms with Crippen LogP contribution in [0, 0.1) is 20.8 Å². The van der Waals surface area contributed by atoms with Crippen molar-refractivity contribution >= 4 is 33.0 Å². The van der Waals surface area contributed by atoms with Crippen molar-refractivity contribution in [3.8, 4) is 17.4 Å². The van der Waals surface area contributed by atoms with Crippen LogP contribution in [-0.2, 0) is 14.8 Å². The van der Waals surface area contributed by atoms with Gasteiger partial charge in [-0.3, -0.25) is 4.72 Å². The highest BCUT2D eigenvalue weighted by molar-refractivity contribution is 7.93. The lowest BCUT2D eigenvalue weighted by Crippen LogP contribution is -2.15. The predicted octanol–water partition coefficient (Wildman–Crippen LogP) is 4.03. The topological polar surface area (TPSA) is 125 Å². The zero-order valence-corrected chi connectivity index (χ0v) is 20.4. The Morgan fingerprint density at radius 2 is 1.79 bits per heavy atom. The molecule has 0 atom stereocenters. The van der Waals surface area contributed by atoms with E-state index in [2.05, 4.69) is 24.5 Å². The van der Waals surface area contributed by atoms with E-state index in [1.54, 1.807) is 41.9 Å². The molecule has 0 aliphatic carbocycles. The van der Waals surface area contributed by atoms with Crippen molar-refractivity contribution in [3.05, 3.63) is 69.9 Å². The third-order valence-corrected chi connectivity index (χ3v) is 7.09. The predicted molar refractivity (Wildman–Crippen MR) is 126 cm³/mol. The van der Waals surface area contributed by atoms with Crippen molar-refractivity contribution in [1.82, 2.24) is 19.7 Å². The fourth-order valence-corrected chi connectivity index (χ4v) is 5.61. The number of anilines is 1. The molecule has 1 aromatic carbocycles. The molecule has 12 heteroatoms. The van der Waals surface area contributed by atoms with Crippen molar-refractivity contribution in [1.29, 1.82) is 0 Å². The normalized spacial score (nSPS) is 11.3. The summed E-state index contributed by atoms with van der Waals surface area (Å²) in [5.74, 6) is 1.16. The molecule has 0 bridgehead atoms. The van der Waals surface area contributed by atoms with Gasteiger partial charge in [-0.15, -0.1) is 11.3 Å². The number of carbonyl (C=O) groups is 1. The molecule has 0 fully saturated rings. The smallest absolute Gasteiger partial charge is 0.349 e. The Hall–Kier alpha value is -3.77. The molecule has 10 nitrogen and oxygen atoms in total. The second-order valence-electron chi connectivity index (χ2n) is 7.29. The Balaban J connectivity index is 1.52. The lowest BCUT2D eigenvalue weighted by molar-refractivity contribution is 0.0602. The summed E-state index contributed by atoms with van der Waals surface area (Å²) in [5.41, 5.74) is 2.10. The van der Waals surface area contributed by atoms with Crippen LogP contribution in [-0.4, -0.2) is 41.2 Å². The summed E-state index contributed by atoms with van der Waals surface area (Å²) in [5, 5.41) is 5.95. The maximum Gasteiger partial charge on any atom is 0.349 e. The highest BCUT2D eigenvalue weighted by Gasteiger charge is 2.24. The van der Waals surface area contributed by atoms with Crippen LogP contribution in [0.5, 0.6) is 11.6 Å². The third kappa shape index (κ3) is 4.92. The number of thiophene rings is 1. The first kappa shape index (κ1) is 23.4. The number of hydrogen-bond acceptors (Lipinski definition) is 9. The van der Waals surface area contributed by atoms with E-state index in [9.17, 15) is 13.2 Å². The van der Waals surface area contributed by atoms with Crippen molar-refractivity contribution in [2.75, 3.05) is 11.8 Å². The van der Waals surface area contributed by atoms with Crippen LogP contribution >= 0.6 is 11.3 Å². The maximum absolute atomic E-state index is 12.8. The summed E-state index contributed by atoms with van der Waals surface area (Å²) in [4.78, 5) is 20.4. The molecule has 0 saturated heterocycles. The van der Waals surface area contributed by atoms with Gasteiger partial charge in [-0.1, -0.05) is 0 Å². The number of benzene rings is 1. The number of aryl methyl sites for hydroxylation is 3. The van der Waals surface area contributed by atoms with E-state index < -0.39 is 16.0 Å². The summed E-state index contributed by atoms with van der Waals surface area (Å²) in [6, 6.07) is 11.3. The van der Waals surface area contributed by atoms with Crippen LogP contribution < -0.4 is 9.46 Å². The van der Waals surface area contributed by atoms with E-state index in [1.807, 2.05) is 19.9 Å². The number of methoxy groups -OCH3 is 1. The first-order chi connectivity index (χ1) is 16.2. The number of esters is 1. The number of rotatable bonds is 7. The first-order valence-corrected chi connectivity index (χ1v) is 12.4. The van der Waals surface area contributed by atoms with Gasteiger partial charge in [-0.25, -0.2) is 22.9 Å². The molecule has 4 rings (SSSR count). The van der Waals surface area contributed by atoms with Crippen molar-refractivity contribution < 1.29 is 22.7 Å². The highest BCUT2D eigenvalue weighted by atomic mass is 32.2. The summed E-state index contributed by atoms with van der Waals surface area (Å²) < 4.78 is 40.2. The number of nitrogens with zero attached hydrogens (tertiary/aromatic N) is 4. The zero-order valence-electron chi connectivity index (χ0n) is 18.8. The maximum atomic E-state index is 12.8. The van der Waals surface area contributed by atoms with Crippen molar-refractivity contribution in [2.45, 2.75) is 25.7 Å². The van der Waals surface area contributed by atoms with Crippen LogP contribution in [0.1, 0.15) is 26.9 Å². The third-order valence-electron chi connectivity index (χ3n) is 4.65. The monoisotopic (exact) mass is 499 g/mol. The largest absolute Gasteiger partial charge is 0.465 e. The SMILES string of the molecule is COC(=O)c1sccc1S(=O)(=O)Nc1ccc(Oc2cc(-n3nc(C)cc3C)nc(C)n2)cc1. The van der Waals surface area contributed by atoms with E-state index in [1.165, 1.54) is 18.6 Å². The van der Waals surface area contributed by atoms with Crippen LogP contribution in [0.15, 0.2) is 52.7 Å². The van der Waals surface area contributed by atoms with E-state index in [-0.39, 0.29) is 9.77 Å². The van der Waals surface area contributed by atoms with Gasteiger partial charge in [0.25, 0.3) is 10.0 Å². The average molecular weight is 500 g/mol. The summed E-state index contributed by atoms with van der Waals surface area (Å²) in [6.45, 7) is 5.59. The highest BCUT2D eigenvalue weighted by Crippen LogP contribution is 2.27. The minimum atomic E-state index is -3.98. The Bertz CT molecular complexity index is 1460. The van der Waals surface area contributed by atoms with E-state index in [4.69, 9.17) is 4.74 Å². The average Bonchev–Trinajstić information content (AvgIpc) is 3.41.